The largest absolute Gasteiger partial charge is 0.493 e. The number of carbonyl (C=O) groups is 1. The van der Waals surface area contributed by atoms with Gasteiger partial charge in [-0.3, -0.25) is 4.79 Å². The highest BCUT2D eigenvalue weighted by molar-refractivity contribution is 5.81. The summed E-state index contributed by atoms with van der Waals surface area (Å²) >= 11 is 0. The van der Waals surface area contributed by atoms with Crippen LogP contribution in [0.2, 0.25) is 0 Å². The summed E-state index contributed by atoms with van der Waals surface area (Å²) in [5.74, 6) is 1.07. The van der Waals surface area contributed by atoms with Crippen LogP contribution in [0.1, 0.15) is 25.8 Å². The van der Waals surface area contributed by atoms with Crippen molar-refractivity contribution in [2.75, 3.05) is 7.11 Å². The van der Waals surface area contributed by atoms with Gasteiger partial charge in [0.1, 0.15) is 0 Å². The van der Waals surface area contributed by atoms with Crippen molar-refractivity contribution in [3.8, 4) is 11.5 Å². The molecule has 2 atom stereocenters. The van der Waals surface area contributed by atoms with E-state index in [2.05, 4.69) is 17.4 Å². The van der Waals surface area contributed by atoms with E-state index in [0.717, 1.165) is 12.8 Å². The van der Waals surface area contributed by atoms with Gasteiger partial charge < -0.3 is 14.8 Å². The maximum absolute atomic E-state index is 12.3. The second-order valence-electron chi connectivity index (χ2n) is 5.84. The Morgan fingerprint density at radius 1 is 1.00 bits per heavy atom. The Bertz CT molecular complexity index is 642. The zero-order chi connectivity index (χ0) is 17.4. The predicted molar refractivity (Wildman–Crippen MR) is 95.5 cm³/mol. The molecular weight excluding hydrogens is 302 g/mol. The lowest BCUT2D eigenvalue weighted by Gasteiger charge is -2.19. The van der Waals surface area contributed by atoms with Gasteiger partial charge in [-0.25, -0.2) is 0 Å². The minimum absolute atomic E-state index is 0.0847. The van der Waals surface area contributed by atoms with Gasteiger partial charge in [0.25, 0.3) is 5.91 Å². The smallest absolute Gasteiger partial charge is 0.260 e. The molecular formula is C20H25NO3. The van der Waals surface area contributed by atoms with Crippen molar-refractivity contribution in [1.29, 1.82) is 0 Å². The summed E-state index contributed by atoms with van der Waals surface area (Å²) in [4.78, 5) is 12.3. The van der Waals surface area contributed by atoms with Crippen molar-refractivity contribution in [3.05, 3.63) is 60.2 Å². The standard InChI is InChI=1S/C20H25NO3/c1-15(13-14-17-9-5-4-6-10-17)21-20(22)16(2)24-19-12-8-7-11-18(19)23-3/h4-12,15-16H,13-14H2,1-3H3,(H,21,22)/t15-,16+/m0/s1. The molecule has 0 heterocycles. The third-order valence-electron chi connectivity index (χ3n) is 3.84. The van der Waals surface area contributed by atoms with Crippen LogP contribution in [0, 0.1) is 0 Å². The molecule has 0 unspecified atom stereocenters. The summed E-state index contributed by atoms with van der Waals surface area (Å²) in [6.07, 6.45) is 1.24. The highest BCUT2D eigenvalue weighted by Gasteiger charge is 2.18. The molecule has 0 bridgehead atoms. The first kappa shape index (κ1) is 17.9. The Kier molecular flexibility index (Phi) is 6.67. The van der Waals surface area contributed by atoms with Crippen molar-refractivity contribution >= 4 is 5.91 Å². The molecule has 0 aromatic heterocycles. The highest BCUT2D eigenvalue weighted by atomic mass is 16.5. The van der Waals surface area contributed by atoms with E-state index < -0.39 is 6.10 Å². The molecule has 4 nitrogen and oxygen atoms in total. The van der Waals surface area contributed by atoms with Crippen LogP contribution in [0.25, 0.3) is 0 Å². The number of nitrogens with one attached hydrogen (secondary N) is 1. The van der Waals surface area contributed by atoms with Crippen LogP contribution in [0.3, 0.4) is 0 Å². The third kappa shape index (κ3) is 5.30. The molecule has 0 fully saturated rings. The number of amides is 1. The summed E-state index contributed by atoms with van der Waals surface area (Å²) in [7, 11) is 1.58. The number of carbonyl (C=O) groups excluding carboxylic acids is 1. The number of hydrogen-bond acceptors (Lipinski definition) is 3. The molecule has 1 N–H and O–H groups in total. The van der Waals surface area contributed by atoms with E-state index in [0.29, 0.717) is 11.5 Å². The molecule has 2 aromatic rings. The molecule has 0 aliphatic carbocycles. The Morgan fingerprint density at radius 3 is 2.29 bits per heavy atom. The lowest BCUT2D eigenvalue weighted by atomic mass is 10.1. The van der Waals surface area contributed by atoms with E-state index in [4.69, 9.17) is 9.47 Å². The number of ether oxygens (including phenoxy) is 2. The van der Waals surface area contributed by atoms with Gasteiger partial charge in [0, 0.05) is 6.04 Å². The van der Waals surface area contributed by atoms with Gasteiger partial charge in [0.05, 0.1) is 7.11 Å². The first-order chi connectivity index (χ1) is 11.6. The molecule has 0 aliphatic heterocycles. The third-order valence-corrected chi connectivity index (χ3v) is 3.84. The van der Waals surface area contributed by atoms with Gasteiger partial charge in [0.15, 0.2) is 17.6 Å². The molecule has 0 spiro atoms. The second kappa shape index (κ2) is 8.96. The van der Waals surface area contributed by atoms with E-state index in [1.807, 2.05) is 43.3 Å². The number of methoxy groups -OCH3 is 1. The summed E-state index contributed by atoms with van der Waals surface area (Å²) in [5.41, 5.74) is 1.27. The minimum atomic E-state index is -0.583. The maximum Gasteiger partial charge on any atom is 0.260 e. The number of hydrogen-bond donors (Lipinski definition) is 1. The van der Waals surface area contributed by atoms with Crippen LogP contribution in [0.5, 0.6) is 11.5 Å². The molecule has 0 aliphatic rings. The predicted octanol–water partition coefficient (Wildman–Crippen LogP) is 3.60. The Morgan fingerprint density at radius 2 is 1.62 bits per heavy atom. The molecule has 4 heteroatoms. The van der Waals surface area contributed by atoms with Gasteiger partial charge in [-0.1, -0.05) is 42.5 Å². The van der Waals surface area contributed by atoms with Crippen molar-refractivity contribution in [2.24, 2.45) is 0 Å². The number of benzene rings is 2. The Hall–Kier alpha value is -2.49. The number of para-hydroxylation sites is 2. The molecule has 1 amide bonds. The van der Waals surface area contributed by atoms with Crippen LogP contribution >= 0.6 is 0 Å². The van der Waals surface area contributed by atoms with Gasteiger partial charge >= 0.3 is 0 Å². The average molecular weight is 327 g/mol. The summed E-state index contributed by atoms with van der Waals surface area (Å²) in [5, 5.41) is 3.00. The van der Waals surface area contributed by atoms with E-state index in [1.54, 1.807) is 20.1 Å². The van der Waals surface area contributed by atoms with E-state index in [-0.39, 0.29) is 11.9 Å². The van der Waals surface area contributed by atoms with Crippen LogP contribution in [-0.4, -0.2) is 25.2 Å². The first-order valence-electron chi connectivity index (χ1n) is 8.24. The molecule has 0 saturated carbocycles. The van der Waals surface area contributed by atoms with Gasteiger partial charge in [0.2, 0.25) is 0 Å². The molecule has 128 valence electrons. The fourth-order valence-corrected chi connectivity index (χ4v) is 2.42. The van der Waals surface area contributed by atoms with Crippen LogP contribution in [-0.2, 0) is 11.2 Å². The Labute approximate surface area is 143 Å². The van der Waals surface area contributed by atoms with Crippen molar-refractivity contribution in [3.63, 3.8) is 0 Å². The second-order valence-corrected chi connectivity index (χ2v) is 5.84. The van der Waals surface area contributed by atoms with Gasteiger partial charge in [-0.05, 0) is 44.4 Å². The first-order valence-corrected chi connectivity index (χ1v) is 8.24. The maximum atomic E-state index is 12.3. The quantitative estimate of drug-likeness (QED) is 0.806. The zero-order valence-corrected chi connectivity index (χ0v) is 14.5. The van der Waals surface area contributed by atoms with Gasteiger partial charge in [-0.15, -0.1) is 0 Å². The van der Waals surface area contributed by atoms with Crippen LogP contribution in [0.4, 0.5) is 0 Å². The van der Waals surface area contributed by atoms with E-state index in [1.165, 1.54) is 5.56 Å². The molecule has 2 aromatic carbocycles. The zero-order valence-electron chi connectivity index (χ0n) is 14.5. The number of aryl methyl sites for hydroxylation is 1. The molecule has 0 saturated heterocycles. The summed E-state index contributed by atoms with van der Waals surface area (Å²) in [6.45, 7) is 3.75. The van der Waals surface area contributed by atoms with E-state index >= 15 is 0 Å². The lowest BCUT2D eigenvalue weighted by molar-refractivity contribution is -0.127. The normalized spacial score (nSPS) is 13.0. The SMILES string of the molecule is COc1ccccc1O[C@H](C)C(=O)N[C@@H](C)CCc1ccccc1. The summed E-state index contributed by atoms with van der Waals surface area (Å²) < 4.78 is 11.0. The molecule has 0 radical (unpaired) electrons. The monoisotopic (exact) mass is 327 g/mol. The molecule has 24 heavy (non-hydrogen) atoms. The lowest BCUT2D eigenvalue weighted by Crippen LogP contribution is -2.41. The van der Waals surface area contributed by atoms with Crippen molar-refractivity contribution in [1.82, 2.24) is 5.32 Å². The summed E-state index contributed by atoms with van der Waals surface area (Å²) in [6, 6.07) is 17.7. The fraction of sp³-hybridized carbons (Fsp3) is 0.350. The number of rotatable bonds is 8. The minimum Gasteiger partial charge on any atom is -0.493 e. The topological polar surface area (TPSA) is 47.6 Å². The van der Waals surface area contributed by atoms with Gasteiger partial charge in [-0.2, -0.15) is 0 Å². The molecule has 2 rings (SSSR count). The fourth-order valence-electron chi connectivity index (χ4n) is 2.42. The van der Waals surface area contributed by atoms with Crippen molar-refractivity contribution < 1.29 is 14.3 Å². The van der Waals surface area contributed by atoms with E-state index in [9.17, 15) is 4.79 Å². The van der Waals surface area contributed by atoms with Crippen molar-refractivity contribution in [2.45, 2.75) is 38.8 Å². The van der Waals surface area contributed by atoms with Crippen LogP contribution in [0.15, 0.2) is 54.6 Å². The highest BCUT2D eigenvalue weighted by Crippen LogP contribution is 2.26. The average Bonchev–Trinajstić information content (AvgIpc) is 2.61. The van der Waals surface area contributed by atoms with Crippen LogP contribution < -0.4 is 14.8 Å². The Balaban J connectivity index is 1.82.